The molecule has 1 N–H and O–H groups in total. The highest BCUT2D eigenvalue weighted by Crippen LogP contribution is 2.27. The zero-order chi connectivity index (χ0) is 12.6. The van der Waals surface area contributed by atoms with Crippen LogP contribution in [0, 0.1) is 3.57 Å². The van der Waals surface area contributed by atoms with E-state index in [1.54, 1.807) is 39.0 Å². The number of halogens is 2. The fourth-order valence-electron chi connectivity index (χ4n) is 0.870. The molecule has 90 valence electrons. The first kappa shape index (κ1) is 14.1. The fourth-order valence-corrected chi connectivity index (χ4v) is 2.60. The molecule has 0 spiro atoms. The third-order valence-electron chi connectivity index (χ3n) is 1.98. The second-order valence-electron chi connectivity index (χ2n) is 4.34. The van der Waals surface area contributed by atoms with Gasteiger partial charge in [0, 0.05) is 3.57 Å². The number of rotatable bonds is 2. The van der Waals surface area contributed by atoms with Crippen LogP contribution in [0.2, 0.25) is 5.02 Å². The molecule has 0 unspecified atom stereocenters. The molecule has 16 heavy (non-hydrogen) atoms. The van der Waals surface area contributed by atoms with Crippen LogP contribution in [-0.2, 0) is 10.0 Å². The average molecular weight is 374 g/mol. The first-order valence-corrected chi connectivity index (χ1v) is 7.55. The van der Waals surface area contributed by atoms with Crippen molar-refractivity contribution in [2.24, 2.45) is 0 Å². The molecule has 0 saturated carbocycles. The minimum absolute atomic E-state index is 0.403. The van der Waals surface area contributed by atoms with Gasteiger partial charge in [-0.3, -0.25) is 4.72 Å². The molecule has 6 heteroatoms. The monoisotopic (exact) mass is 373 g/mol. The van der Waals surface area contributed by atoms with E-state index < -0.39 is 14.8 Å². The Labute approximate surface area is 115 Å². The van der Waals surface area contributed by atoms with Crippen LogP contribution in [0.1, 0.15) is 20.8 Å². The normalized spacial score (nSPS) is 12.6. The van der Waals surface area contributed by atoms with Crippen LogP contribution in [0.5, 0.6) is 0 Å². The molecule has 0 aromatic heterocycles. The molecule has 1 rings (SSSR count). The number of nitrogens with one attached hydrogen (secondary N) is 1. The zero-order valence-corrected chi connectivity index (χ0v) is 12.9. The Morgan fingerprint density at radius 3 is 2.31 bits per heavy atom. The van der Waals surface area contributed by atoms with Gasteiger partial charge in [0.1, 0.15) is 0 Å². The van der Waals surface area contributed by atoms with Crippen LogP contribution >= 0.6 is 34.2 Å². The topological polar surface area (TPSA) is 46.2 Å². The first-order chi connectivity index (χ1) is 7.13. The van der Waals surface area contributed by atoms with Gasteiger partial charge in [0.15, 0.2) is 0 Å². The minimum atomic E-state index is -3.42. The fraction of sp³-hybridized carbons (Fsp3) is 0.400. The van der Waals surface area contributed by atoms with E-state index in [1.165, 1.54) is 0 Å². The Morgan fingerprint density at radius 1 is 1.31 bits per heavy atom. The van der Waals surface area contributed by atoms with Gasteiger partial charge < -0.3 is 0 Å². The molecule has 1 aromatic carbocycles. The maximum absolute atomic E-state index is 11.9. The van der Waals surface area contributed by atoms with Crippen molar-refractivity contribution in [2.45, 2.75) is 25.5 Å². The molecule has 3 nitrogen and oxygen atoms in total. The van der Waals surface area contributed by atoms with E-state index in [9.17, 15) is 8.42 Å². The summed E-state index contributed by atoms with van der Waals surface area (Å²) in [5.41, 5.74) is 0.414. The number of anilines is 1. The van der Waals surface area contributed by atoms with Crippen LogP contribution < -0.4 is 4.72 Å². The van der Waals surface area contributed by atoms with Crippen molar-refractivity contribution in [3.05, 3.63) is 26.8 Å². The van der Waals surface area contributed by atoms with E-state index in [-0.39, 0.29) is 0 Å². The molecular weight excluding hydrogens is 361 g/mol. The highest BCUT2D eigenvalue weighted by molar-refractivity contribution is 14.1. The van der Waals surface area contributed by atoms with Crippen molar-refractivity contribution >= 4 is 49.9 Å². The number of hydrogen-bond donors (Lipinski definition) is 1. The van der Waals surface area contributed by atoms with Gasteiger partial charge in [-0.1, -0.05) is 11.6 Å². The molecule has 0 fully saturated rings. The minimum Gasteiger partial charge on any atom is -0.282 e. The van der Waals surface area contributed by atoms with Crippen LogP contribution in [0.15, 0.2) is 18.2 Å². The van der Waals surface area contributed by atoms with E-state index in [0.717, 1.165) is 3.57 Å². The van der Waals surface area contributed by atoms with Gasteiger partial charge in [0.05, 0.1) is 15.5 Å². The van der Waals surface area contributed by atoms with E-state index in [4.69, 9.17) is 11.6 Å². The Kier molecular flexibility index (Phi) is 4.13. The van der Waals surface area contributed by atoms with Gasteiger partial charge >= 0.3 is 0 Å². The number of benzene rings is 1. The second kappa shape index (κ2) is 4.70. The second-order valence-corrected chi connectivity index (χ2v) is 8.43. The van der Waals surface area contributed by atoms with Crippen molar-refractivity contribution in [3.63, 3.8) is 0 Å². The van der Waals surface area contributed by atoms with Gasteiger partial charge in [-0.15, -0.1) is 0 Å². The molecule has 0 aliphatic rings. The molecule has 0 atom stereocenters. The quantitative estimate of drug-likeness (QED) is 0.807. The zero-order valence-electron chi connectivity index (χ0n) is 9.21. The van der Waals surface area contributed by atoms with Crippen LogP contribution in [0.3, 0.4) is 0 Å². The average Bonchev–Trinajstić information content (AvgIpc) is 2.08. The van der Waals surface area contributed by atoms with Crippen molar-refractivity contribution in [2.75, 3.05) is 4.72 Å². The van der Waals surface area contributed by atoms with Crippen molar-refractivity contribution in [1.82, 2.24) is 0 Å². The van der Waals surface area contributed by atoms with Crippen molar-refractivity contribution in [1.29, 1.82) is 0 Å². The molecule has 0 bridgehead atoms. The smallest absolute Gasteiger partial charge is 0.237 e. The van der Waals surface area contributed by atoms with Gasteiger partial charge in [-0.25, -0.2) is 8.42 Å². The summed E-state index contributed by atoms with van der Waals surface area (Å²) in [7, 11) is -3.42. The summed E-state index contributed by atoms with van der Waals surface area (Å²) in [6.45, 7) is 4.90. The predicted molar refractivity (Wildman–Crippen MR) is 76.5 cm³/mol. The number of hydrogen-bond acceptors (Lipinski definition) is 2. The molecule has 0 saturated heterocycles. The third-order valence-corrected chi connectivity index (χ3v) is 5.07. The van der Waals surface area contributed by atoms with Crippen LogP contribution in [0.25, 0.3) is 0 Å². The highest BCUT2D eigenvalue weighted by Gasteiger charge is 2.29. The predicted octanol–water partition coefficient (Wildman–Crippen LogP) is 3.48. The maximum atomic E-state index is 11.9. The summed E-state index contributed by atoms with van der Waals surface area (Å²) in [4.78, 5) is 0. The van der Waals surface area contributed by atoms with Gasteiger partial charge in [-0.05, 0) is 61.6 Å². The van der Waals surface area contributed by atoms with Crippen molar-refractivity contribution < 1.29 is 8.42 Å². The molecule has 0 radical (unpaired) electrons. The summed E-state index contributed by atoms with van der Waals surface area (Å²) in [6.07, 6.45) is 0. The molecule has 0 amide bonds. The maximum Gasteiger partial charge on any atom is 0.237 e. The van der Waals surface area contributed by atoms with Crippen molar-refractivity contribution in [3.8, 4) is 0 Å². The SMILES string of the molecule is CC(C)(C)S(=O)(=O)Nc1ccc(I)cc1Cl. The summed E-state index contributed by atoms with van der Waals surface area (Å²) < 4.78 is 26.4. The molecule has 1 aromatic rings. The lowest BCUT2D eigenvalue weighted by Crippen LogP contribution is -2.33. The lowest BCUT2D eigenvalue weighted by molar-refractivity contribution is 0.566. The first-order valence-electron chi connectivity index (χ1n) is 4.61. The molecular formula is C10H13ClINO2S. The third kappa shape index (κ3) is 3.24. The lowest BCUT2D eigenvalue weighted by Gasteiger charge is -2.20. The summed E-state index contributed by atoms with van der Waals surface area (Å²) in [5.74, 6) is 0. The van der Waals surface area contributed by atoms with Crippen LogP contribution in [0.4, 0.5) is 5.69 Å². The Hall–Kier alpha value is -0.0100. The largest absolute Gasteiger partial charge is 0.282 e. The standard InChI is InChI=1S/C10H13ClINO2S/c1-10(2,3)16(14,15)13-9-5-4-7(12)6-8(9)11/h4-6,13H,1-3H3. The lowest BCUT2D eigenvalue weighted by atomic mass is 10.3. The van der Waals surface area contributed by atoms with Gasteiger partial charge in [0.25, 0.3) is 0 Å². The van der Waals surface area contributed by atoms with E-state index in [0.29, 0.717) is 10.7 Å². The van der Waals surface area contributed by atoms with Gasteiger partial charge in [0.2, 0.25) is 10.0 Å². The molecule has 0 aliphatic heterocycles. The summed E-state index contributed by atoms with van der Waals surface area (Å²) in [5, 5.41) is 0.403. The van der Waals surface area contributed by atoms with E-state index in [1.807, 2.05) is 0 Å². The van der Waals surface area contributed by atoms with Gasteiger partial charge in [-0.2, -0.15) is 0 Å². The molecule has 0 heterocycles. The van der Waals surface area contributed by atoms with E-state index in [2.05, 4.69) is 27.3 Å². The van der Waals surface area contributed by atoms with E-state index >= 15 is 0 Å². The molecule has 0 aliphatic carbocycles. The Bertz CT molecular complexity index is 494. The Balaban J connectivity index is 3.07. The summed E-state index contributed by atoms with van der Waals surface area (Å²) >= 11 is 8.07. The summed E-state index contributed by atoms with van der Waals surface area (Å²) in [6, 6.07) is 5.17. The number of sulfonamides is 1. The highest BCUT2D eigenvalue weighted by atomic mass is 127. The Morgan fingerprint density at radius 2 is 1.88 bits per heavy atom. The van der Waals surface area contributed by atoms with Crippen LogP contribution in [-0.4, -0.2) is 13.2 Å².